The summed E-state index contributed by atoms with van der Waals surface area (Å²) in [4.78, 5) is 4.03. The molecule has 2 rings (SSSR count). The molecule has 0 aliphatic heterocycles. The fourth-order valence-corrected chi connectivity index (χ4v) is 2.00. The van der Waals surface area contributed by atoms with Gasteiger partial charge in [-0.15, -0.1) is 0 Å². The van der Waals surface area contributed by atoms with Crippen molar-refractivity contribution in [3.05, 3.63) is 53.9 Å². The van der Waals surface area contributed by atoms with Gasteiger partial charge in [-0.2, -0.15) is 0 Å². The Labute approximate surface area is 119 Å². The molecule has 1 atom stereocenters. The predicted octanol–water partition coefficient (Wildman–Crippen LogP) is 2.73. The number of pyridine rings is 1. The number of benzene rings is 1. The molecule has 20 heavy (non-hydrogen) atoms. The van der Waals surface area contributed by atoms with E-state index in [4.69, 9.17) is 10.5 Å². The molecule has 1 aromatic carbocycles. The second kappa shape index (κ2) is 6.39. The highest BCUT2D eigenvalue weighted by Crippen LogP contribution is 2.24. The maximum absolute atomic E-state index is 10.3. The van der Waals surface area contributed by atoms with E-state index in [0.717, 1.165) is 16.9 Å². The van der Waals surface area contributed by atoms with Crippen LogP contribution >= 0.6 is 0 Å². The molecule has 2 aromatic rings. The van der Waals surface area contributed by atoms with Crippen molar-refractivity contribution in [1.29, 1.82) is 0 Å². The Morgan fingerprint density at radius 1 is 1.30 bits per heavy atom. The molecular formula is C16H20N2O2. The first-order valence-electron chi connectivity index (χ1n) is 6.69. The summed E-state index contributed by atoms with van der Waals surface area (Å²) >= 11 is 0. The van der Waals surface area contributed by atoms with Crippen LogP contribution in [0.25, 0.3) is 0 Å². The first-order chi connectivity index (χ1) is 9.56. The van der Waals surface area contributed by atoms with Crippen LogP contribution in [0.5, 0.6) is 5.75 Å². The number of anilines is 1. The van der Waals surface area contributed by atoms with Crippen LogP contribution in [0.3, 0.4) is 0 Å². The van der Waals surface area contributed by atoms with Gasteiger partial charge in [-0.1, -0.05) is 12.1 Å². The van der Waals surface area contributed by atoms with Crippen molar-refractivity contribution in [3.8, 4) is 5.75 Å². The third kappa shape index (κ3) is 3.71. The molecule has 0 saturated heterocycles. The fraction of sp³-hybridized carbons (Fsp3) is 0.312. The lowest BCUT2D eigenvalue weighted by Crippen LogP contribution is -2.07. The van der Waals surface area contributed by atoms with Crippen molar-refractivity contribution in [3.63, 3.8) is 0 Å². The summed E-state index contributed by atoms with van der Waals surface area (Å²) in [5.41, 5.74) is 8.17. The maximum Gasteiger partial charge on any atom is 0.120 e. The maximum atomic E-state index is 10.3. The average Bonchev–Trinajstić information content (AvgIpc) is 2.41. The Kier molecular flexibility index (Phi) is 4.58. The molecule has 4 nitrogen and oxygen atoms in total. The topological polar surface area (TPSA) is 68.4 Å². The summed E-state index contributed by atoms with van der Waals surface area (Å²) in [5.74, 6) is 0.760. The number of nitrogens with zero attached hydrogens (tertiary/aromatic N) is 1. The zero-order valence-corrected chi connectivity index (χ0v) is 11.8. The van der Waals surface area contributed by atoms with Crippen molar-refractivity contribution < 1.29 is 9.84 Å². The van der Waals surface area contributed by atoms with Gasteiger partial charge in [0.25, 0.3) is 0 Å². The van der Waals surface area contributed by atoms with E-state index >= 15 is 0 Å². The number of aromatic nitrogens is 1. The van der Waals surface area contributed by atoms with Crippen molar-refractivity contribution in [2.45, 2.75) is 32.5 Å². The van der Waals surface area contributed by atoms with Crippen LogP contribution < -0.4 is 10.5 Å². The number of nitrogens with two attached hydrogens (primary N) is 1. The molecule has 3 N–H and O–H groups in total. The molecule has 0 saturated carbocycles. The quantitative estimate of drug-likeness (QED) is 0.878. The molecular weight excluding hydrogens is 252 g/mol. The number of aliphatic hydroxyl groups is 1. The molecule has 1 heterocycles. The Bertz CT molecular complexity index is 570. The number of nitrogen functional groups attached to an aromatic ring is 1. The first-order valence-corrected chi connectivity index (χ1v) is 6.69. The average molecular weight is 272 g/mol. The van der Waals surface area contributed by atoms with Crippen LogP contribution in [-0.2, 0) is 6.42 Å². The molecule has 0 aliphatic rings. The largest absolute Gasteiger partial charge is 0.491 e. The summed E-state index contributed by atoms with van der Waals surface area (Å²) in [6.45, 7) is 3.94. The van der Waals surface area contributed by atoms with Gasteiger partial charge < -0.3 is 15.6 Å². The molecule has 1 aromatic heterocycles. The minimum Gasteiger partial charge on any atom is -0.491 e. The monoisotopic (exact) mass is 272 g/mol. The number of hydrogen-bond donors (Lipinski definition) is 2. The number of rotatable bonds is 5. The second-order valence-electron chi connectivity index (χ2n) is 5.03. The summed E-state index contributed by atoms with van der Waals surface area (Å²) in [5, 5.41) is 10.3. The SMILES string of the molecule is CC(C)Oc1cccc(C(O)Cc2cnccc2N)c1. The molecule has 0 spiro atoms. The van der Waals surface area contributed by atoms with E-state index in [1.54, 1.807) is 18.5 Å². The van der Waals surface area contributed by atoms with Crippen molar-refractivity contribution in [1.82, 2.24) is 4.98 Å². The van der Waals surface area contributed by atoms with E-state index in [1.165, 1.54) is 0 Å². The molecule has 0 aliphatic carbocycles. The molecule has 0 amide bonds. The minimum absolute atomic E-state index is 0.108. The Balaban J connectivity index is 2.13. The van der Waals surface area contributed by atoms with E-state index in [9.17, 15) is 5.11 Å². The highest BCUT2D eigenvalue weighted by Gasteiger charge is 2.12. The lowest BCUT2D eigenvalue weighted by molar-refractivity contribution is 0.177. The van der Waals surface area contributed by atoms with Gasteiger partial charge in [-0.05, 0) is 43.2 Å². The van der Waals surface area contributed by atoms with Gasteiger partial charge in [-0.25, -0.2) is 0 Å². The van der Waals surface area contributed by atoms with Crippen LogP contribution in [0.2, 0.25) is 0 Å². The summed E-state index contributed by atoms with van der Waals surface area (Å²) in [6, 6.07) is 9.24. The van der Waals surface area contributed by atoms with Crippen LogP contribution in [0.4, 0.5) is 5.69 Å². The standard InChI is InChI=1S/C16H20N2O2/c1-11(2)20-14-5-3-4-12(8-14)16(19)9-13-10-18-7-6-15(13)17/h3-8,10-11,16,19H,9H2,1-2H3,(H2,17,18). The highest BCUT2D eigenvalue weighted by molar-refractivity contribution is 5.45. The summed E-state index contributed by atoms with van der Waals surface area (Å²) < 4.78 is 5.63. The number of hydrogen-bond acceptors (Lipinski definition) is 4. The van der Waals surface area contributed by atoms with Crippen LogP contribution in [0.15, 0.2) is 42.7 Å². The van der Waals surface area contributed by atoms with Crippen molar-refractivity contribution in [2.75, 3.05) is 5.73 Å². The number of ether oxygens (including phenoxy) is 1. The van der Waals surface area contributed by atoms with E-state index < -0.39 is 6.10 Å². The van der Waals surface area contributed by atoms with Gasteiger partial charge in [0.2, 0.25) is 0 Å². The normalized spacial score (nSPS) is 12.4. The van der Waals surface area contributed by atoms with E-state index in [1.807, 2.05) is 38.1 Å². The van der Waals surface area contributed by atoms with Gasteiger partial charge in [0.15, 0.2) is 0 Å². The molecule has 4 heteroatoms. The van der Waals surface area contributed by atoms with Crippen LogP contribution in [-0.4, -0.2) is 16.2 Å². The van der Waals surface area contributed by atoms with Gasteiger partial charge in [0.05, 0.1) is 12.2 Å². The van der Waals surface area contributed by atoms with Crippen LogP contribution in [0.1, 0.15) is 31.1 Å². The summed E-state index contributed by atoms with van der Waals surface area (Å²) in [6.07, 6.45) is 3.24. The molecule has 0 bridgehead atoms. The van der Waals surface area contributed by atoms with E-state index in [-0.39, 0.29) is 6.10 Å². The third-order valence-corrected chi connectivity index (χ3v) is 2.97. The lowest BCUT2D eigenvalue weighted by Gasteiger charge is -2.15. The van der Waals surface area contributed by atoms with E-state index in [0.29, 0.717) is 12.1 Å². The Morgan fingerprint density at radius 2 is 2.10 bits per heavy atom. The molecule has 106 valence electrons. The molecule has 0 radical (unpaired) electrons. The fourth-order valence-electron chi connectivity index (χ4n) is 2.00. The summed E-state index contributed by atoms with van der Waals surface area (Å²) in [7, 11) is 0. The third-order valence-electron chi connectivity index (χ3n) is 2.97. The van der Waals surface area contributed by atoms with Gasteiger partial charge >= 0.3 is 0 Å². The molecule has 0 fully saturated rings. The van der Waals surface area contributed by atoms with Crippen molar-refractivity contribution in [2.24, 2.45) is 0 Å². The second-order valence-corrected chi connectivity index (χ2v) is 5.03. The van der Waals surface area contributed by atoms with Gasteiger partial charge in [0.1, 0.15) is 5.75 Å². The first kappa shape index (κ1) is 14.3. The lowest BCUT2D eigenvalue weighted by atomic mass is 10.0. The van der Waals surface area contributed by atoms with Crippen molar-refractivity contribution >= 4 is 5.69 Å². The van der Waals surface area contributed by atoms with E-state index in [2.05, 4.69) is 4.98 Å². The zero-order chi connectivity index (χ0) is 14.5. The van der Waals surface area contributed by atoms with Gasteiger partial charge in [0, 0.05) is 24.5 Å². The highest BCUT2D eigenvalue weighted by atomic mass is 16.5. The Hall–Kier alpha value is -2.07. The Morgan fingerprint density at radius 3 is 2.80 bits per heavy atom. The van der Waals surface area contributed by atoms with Gasteiger partial charge in [-0.3, -0.25) is 4.98 Å². The number of aliphatic hydroxyl groups excluding tert-OH is 1. The van der Waals surface area contributed by atoms with Crippen LogP contribution in [0, 0.1) is 0 Å². The molecule has 1 unspecified atom stereocenters. The minimum atomic E-state index is -0.628. The predicted molar refractivity (Wildman–Crippen MR) is 79.5 cm³/mol. The zero-order valence-electron chi connectivity index (χ0n) is 11.8. The smallest absolute Gasteiger partial charge is 0.120 e.